The van der Waals surface area contributed by atoms with E-state index in [-0.39, 0.29) is 18.6 Å². The molecule has 142 valence electrons. The Labute approximate surface area is 159 Å². The Balaban J connectivity index is 1.69. The summed E-state index contributed by atoms with van der Waals surface area (Å²) < 4.78 is 5.17. The molecule has 0 spiro atoms. The summed E-state index contributed by atoms with van der Waals surface area (Å²) in [6.07, 6.45) is 0. The molecule has 0 aromatic heterocycles. The molecule has 3 amide bonds. The van der Waals surface area contributed by atoms with Crippen molar-refractivity contribution in [3.63, 3.8) is 0 Å². The molecule has 27 heavy (non-hydrogen) atoms. The van der Waals surface area contributed by atoms with Gasteiger partial charge in [-0.25, -0.2) is 9.69 Å². The molecule has 1 atom stereocenters. The average molecular weight is 367 g/mol. The number of imide groups is 1. The number of nitrogens with zero attached hydrogens (tertiary/aromatic N) is 3. The lowest BCUT2D eigenvalue weighted by Crippen LogP contribution is -2.40. The van der Waals surface area contributed by atoms with Crippen LogP contribution < -0.4 is 9.64 Å². The van der Waals surface area contributed by atoms with Crippen molar-refractivity contribution in [3.05, 3.63) is 59.7 Å². The highest BCUT2D eigenvalue weighted by molar-refractivity contribution is 6.14. The molecule has 0 saturated carbocycles. The largest absolute Gasteiger partial charge is 0.497 e. The fourth-order valence-electron chi connectivity index (χ4n) is 3.23. The van der Waals surface area contributed by atoms with Crippen molar-refractivity contribution in [1.29, 1.82) is 0 Å². The number of amides is 3. The molecule has 3 rings (SSSR count). The summed E-state index contributed by atoms with van der Waals surface area (Å²) in [4.78, 5) is 30.3. The van der Waals surface area contributed by atoms with Gasteiger partial charge in [-0.3, -0.25) is 14.6 Å². The van der Waals surface area contributed by atoms with Crippen LogP contribution in [0.3, 0.4) is 0 Å². The number of carbonyl (C=O) groups excluding carboxylic acids is 2. The monoisotopic (exact) mass is 367 g/mol. The molecule has 0 radical (unpaired) electrons. The van der Waals surface area contributed by atoms with Gasteiger partial charge in [0.05, 0.1) is 13.8 Å². The highest BCUT2D eigenvalue weighted by atomic mass is 16.5. The molecule has 1 heterocycles. The summed E-state index contributed by atoms with van der Waals surface area (Å²) in [5.74, 6) is 0.621. The normalized spacial score (nSPS) is 17.1. The summed E-state index contributed by atoms with van der Waals surface area (Å²) in [7, 11) is 3.52. The Morgan fingerprint density at radius 3 is 2.26 bits per heavy atom. The summed E-state index contributed by atoms with van der Waals surface area (Å²) in [5, 5.41) is 0. The molecular weight excluding hydrogens is 342 g/mol. The Morgan fingerprint density at radius 1 is 1.04 bits per heavy atom. The minimum atomic E-state index is -0.505. The summed E-state index contributed by atoms with van der Waals surface area (Å²) in [5.41, 5.74) is 2.94. The maximum Gasteiger partial charge on any atom is 0.333 e. The van der Waals surface area contributed by atoms with Crippen LogP contribution in [0.25, 0.3) is 0 Å². The fourth-order valence-corrected chi connectivity index (χ4v) is 3.23. The molecule has 6 nitrogen and oxygen atoms in total. The molecule has 2 aromatic rings. The van der Waals surface area contributed by atoms with Crippen molar-refractivity contribution in [2.75, 3.05) is 25.7 Å². The number of carbonyl (C=O) groups is 2. The molecule has 1 aliphatic rings. The van der Waals surface area contributed by atoms with E-state index in [9.17, 15) is 9.59 Å². The molecular formula is C21H25N3O3. The second-order valence-electron chi connectivity index (χ2n) is 6.93. The minimum absolute atomic E-state index is 0.179. The minimum Gasteiger partial charge on any atom is -0.497 e. The van der Waals surface area contributed by atoms with E-state index >= 15 is 0 Å². The van der Waals surface area contributed by atoms with Crippen LogP contribution >= 0.6 is 0 Å². The molecule has 0 bridgehead atoms. The number of benzene rings is 2. The van der Waals surface area contributed by atoms with E-state index in [1.54, 1.807) is 18.9 Å². The predicted molar refractivity (Wildman–Crippen MR) is 105 cm³/mol. The number of anilines is 1. The number of hydrogen-bond acceptors (Lipinski definition) is 4. The highest BCUT2D eigenvalue weighted by Crippen LogP contribution is 2.26. The van der Waals surface area contributed by atoms with Crippen LogP contribution in [0.5, 0.6) is 5.75 Å². The zero-order chi connectivity index (χ0) is 19.6. The molecule has 6 heteroatoms. The number of urea groups is 1. The second-order valence-corrected chi connectivity index (χ2v) is 6.93. The molecule has 1 aliphatic heterocycles. The topological polar surface area (TPSA) is 53.1 Å². The third-order valence-corrected chi connectivity index (χ3v) is 4.75. The third kappa shape index (κ3) is 3.95. The third-order valence-electron chi connectivity index (χ3n) is 4.75. The van der Waals surface area contributed by atoms with E-state index in [1.165, 1.54) is 4.90 Å². The maximum atomic E-state index is 12.9. The van der Waals surface area contributed by atoms with Gasteiger partial charge in [-0.1, -0.05) is 29.8 Å². The highest BCUT2D eigenvalue weighted by Gasteiger charge is 2.43. The van der Waals surface area contributed by atoms with Crippen LogP contribution in [0.2, 0.25) is 0 Å². The zero-order valence-electron chi connectivity index (χ0n) is 16.2. The van der Waals surface area contributed by atoms with Crippen molar-refractivity contribution in [2.45, 2.75) is 26.4 Å². The standard InChI is InChI=1S/C21H25N3O3/c1-15-5-9-18(10-6-15)24-16(2)20(25)23(21(24)26)14-22(3)13-17-7-11-19(27-4)12-8-17/h5-12,16H,13-14H2,1-4H3/t16-/m0/s1. The van der Waals surface area contributed by atoms with Crippen LogP contribution in [0.1, 0.15) is 18.1 Å². The van der Waals surface area contributed by atoms with Crippen LogP contribution in [-0.4, -0.2) is 48.6 Å². The van der Waals surface area contributed by atoms with E-state index in [0.29, 0.717) is 6.54 Å². The van der Waals surface area contributed by atoms with Crippen LogP contribution in [0.15, 0.2) is 48.5 Å². The SMILES string of the molecule is COc1ccc(CN(C)CN2C(=O)[C@H](C)N(c3ccc(C)cc3)C2=O)cc1. The summed E-state index contributed by atoms with van der Waals surface area (Å²) in [6, 6.07) is 14.6. The fraction of sp³-hybridized carbons (Fsp3) is 0.333. The molecule has 2 aromatic carbocycles. The number of rotatable bonds is 6. The van der Waals surface area contributed by atoms with Gasteiger partial charge in [-0.15, -0.1) is 0 Å². The lowest BCUT2D eigenvalue weighted by Gasteiger charge is -2.23. The van der Waals surface area contributed by atoms with Gasteiger partial charge in [0.25, 0.3) is 5.91 Å². The molecule has 1 fully saturated rings. The van der Waals surface area contributed by atoms with Gasteiger partial charge in [-0.05, 0) is 50.7 Å². The zero-order valence-corrected chi connectivity index (χ0v) is 16.2. The molecule has 0 unspecified atom stereocenters. The Morgan fingerprint density at radius 2 is 1.67 bits per heavy atom. The Kier molecular flexibility index (Phi) is 5.46. The van der Waals surface area contributed by atoms with Crippen molar-refractivity contribution in [3.8, 4) is 5.75 Å². The molecule has 0 N–H and O–H groups in total. The van der Waals surface area contributed by atoms with Gasteiger partial charge in [0.2, 0.25) is 0 Å². The second kappa shape index (κ2) is 7.80. The lowest BCUT2D eigenvalue weighted by molar-refractivity contribution is -0.128. The Bertz CT molecular complexity index is 818. The van der Waals surface area contributed by atoms with Gasteiger partial charge in [0.15, 0.2) is 0 Å². The molecule has 0 aliphatic carbocycles. The van der Waals surface area contributed by atoms with Gasteiger partial charge < -0.3 is 4.74 Å². The predicted octanol–water partition coefficient (Wildman–Crippen LogP) is 3.25. The lowest BCUT2D eigenvalue weighted by atomic mass is 10.2. The van der Waals surface area contributed by atoms with Crippen LogP contribution in [-0.2, 0) is 11.3 Å². The van der Waals surface area contributed by atoms with E-state index in [4.69, 9.17) is 4.74 Å². The molecule has 1 saturated heterocycles. The number of ether oxygens (including phenoxy) is 1. The average Bonchev–Trinajstić information content (AvgIpc) is 2.87. The quantitative estimate of drug-likeness (QED) is 0.736. The number of aryl methyl sites for hydroxylation is 1. The van der Waals surface area contributed by atoms with E-state index in [0.717, 1.165) is 22.6 Å². The maximum absolute atomic E-state index is 12.9. The van der Waals surface area contributed by atoms with Crippen molar-refractivity contribution in [1.82, 2.24) is 9.80 Å². The summed E-state index contributed by atoms with van der Waals surface area (Å²) in [6.45, 7) is 4.63. The first-order chi connectivity index (χ1) is 12.9. The van der Waals surface area contributed by atoms with Crippen molar-refractivity contribution >= 4 is 17.6 Å². The number of hydrogen-bond donors (Lipinski definition) is 0. The Hall–Kier alpha value is -2.86. The van der Waals surface area contributed by atoms with Crippen molar-refractivity contribution in [2.24, 2.45) is 0 Å². The van der Waals surface area contributed by atoms with Crippen LogP contribution in [0.4, 0.5) is 10.5 Å². The first kappa shape index (κ1) is 18.9. The van der Waals surface area contributed by atoms with E-state index in [1.807, 2.05) is 67.4 Å². The van der Waals surface area contributed by atoms with E-state index in [2.05, 4.69) is 0 Å². The first-order valence-corrected chi connectivity index (χ1v) is 8.93. The first-order valence-electron chi connectivity index (χ1n) is 8.93. The van der Waals surface area contributed by atoms with Gasteiger partial charge >= 0.3 is 6.03 Å². The smallest absolute Gasteiger partial charge is 0.333 e. The van der Waals surface area contributed by atoms with E-state index < -0.39 is 6.04 Å². The van der Waals surface area contributed by atoms with Gasteiger partial charge in [0, 0.05) is 12.2 Å². The number of methoxy groups -OCH3 is 1. The van der Waals surface area contributed by atoms with Gasteiger partial charge in [0.1, 0.15) is 11.8 Å². The van der Waals surface area contributed by atoms with Gasteiger partial charge in [-0.2, -0.15) is 0 Å². The summed E-state index contributed by atoms with van der Waals surface area (Å²) >= 11 is 0. The van der Waals surface area contributed by atoms with Crippen molar-refractivity contribution < 1.29 is 14.3 Å². The van der Waals surface area contributed by atoms with Crippen LogP contribution in [0, 0.1) is 6.92 Å².